The van der Waals surface area contributed by atoms with Crippen molar-refractivity contribution < 1.29 is 9.90 Å². The van der Waals surface area contributed by atoms with E-state index in [1.807, 2.05) is 11.0 Å². The predicted octanol–water partition coefficient (Wildman–Crippen LogP) is 2.95. The van der Waals surface area contributed by atoms with E-state index in [0.717, 1.165) is 23.9 Å². The van der Waals surface area contributed by atoms with Gasteiger partial charge in [0.25, 0.3) is 5.91 Å². The van der Waals surface area contributed by atoms with Crippen LogP contribution in [-0.2, 0) is 0 Å². The summed E-state index contributed by atoms with van der Waals surface area (Å²) in [4.78, 5) is 14.1. The van der Waals surface area contributed by atoms with Crippen LogP contribution in [0.15, 0.2) is 22.7 Å². The third-order valence-electron chi connectivity index (χ3n) is 3.27. The van der Waals surface area contributed by atoms with Gasteiger partial charge < -0.3 is 10.0 Å². The van der Waals surface area contributed by atoms with Crippen molar-refractivity contribution in [1.29, 1.82) is 0 Å². The zero-order valence-corrected chi connectivity index (χ0v) is 12.2. The minimum atomic E-state index is -0.0204. The van der Waals surface area contributed by atoms with Gasteiger partial charge in [0.15, 0.2) is 0 Å². The molecule has 2 rings (SSSR count). The van der Waals surface area contributed by atoms with Crippen LogP contribution in [-0.4, -0.2) is 35.6 Å². The molecule has 0 saturated carbocycles. The molecule has 1 N–H and O–H groups in total. The molecule has 1 atom stereocenters. The van der Waals surface area contributed by atoms with Crippen molar-refractivity contribution in [3.05, 3.63) is 33.3 Å². The monoisotopic (exact) mass is 331 g/mol. The fourth-order valence-corrected chi connectivity index (χ4v) is 3.02. The van der Waals surface area contributed by atoms with Gasteiger partial charge in [-0.1, -0.05) is 27.5 Å². The molecule has 1 aromatic carbocycles. The average Bonchev–Trinajstić information content (AvgIpc) is 2.77. The highest BCUT2D eigenvalue weighted by Crippen LogP contribution is 2.26. The Morgan fingerprint density at radius 3 is 3.00 bits per heavy atom. The molecule has 1 fully saturated rings. The number of nitrogens with zero attached hydrogens (tertiary/aromatic N) is 1. The van der Waals surface area contributed by atoms with Crippen molar-refractivity contribution in [3.8, 4) is 0 Å². The molecule has 1 aromatic rings. The van der Waals surface area contributed by atoms with Gasteiger partial charge in [-0.25, -0.2) is 0 Å². The summed E-state index contributed by atoms with van der Waals surface area (Å²) in [5, 5.41) is 9.39. The Balaban J connectivity index is 2.08. The topological polar surface area (TPSA) is 40.5 Å². The number of amides is 1. The van der Waals surface area contributed by atoms with Crippen LogP contribution in [0.4, 0.5) is 0 Å². The van der Waals surface area contributed by atoms with E-state index >= 15 is 0 Å². The SMILES string of the molecule is O=C(c1ccc(Br)cc1Cl)N1CCC(CCO)C1. The van der Waals surface area contributed by atoms with Gasteiger partial charge in [0.2, 0.25) is 0 Å². The second-order valence-corrected chi connectivity index (χ2v) is 5.87. The van der Waals surface area contributed by atoms with E-state index in [2.05, 4.69) is 15.9 Å². The minimum absolute atomic E-state index is 0.0204. The van der Waals surface area contributed by atoms with E-state index in [4.69, 9.17) is 16.7 Å². The lowest BCUT2D eigenvalue weighted by atomic mass is 10.1. The fraction of sp³-hybridized carbons (Fsp3) is 0.462. The standard InChI is InChI=1S/C13H15BrClNO2/c14-10-1-2-11(12(15)7-10)13(18)16-5-3-9(8-16)4-6-17/h1-2,7,9,17H,3-6,8H2. The van der Waals surface area contributed by atoms with E-state index in [-0.39, 0.29) is 12.5 Å². The fourth-order valence-electron chi connectivity index (χ4n) is 2.27. The number of carbonyl (C=O) groups is 1. The van der Waals surface area contributed by atoms with Crippen LogP contribution in [0.2, 0.25) is 5.02 Å². The Bertz CT molecular complexity index is 453. The molecule has 3 nitrogen and oxygen atoms in total. The Morgan fingerprint density at radius 1 is 1.56 bits per heavy atom. The molecule has 0 aromatic heterocycles. The summed E-state index contributed by atoms with van der Waals surface area (Å²) in [6.07, 6.45) is 1.72. The lowest BCUT2D eigenvalue weighted by Crippen LogP contribution is -2.29. The number of aliphatic hydroxyl groups is 1. The van der Waals surface area contributed by atoms with Crippen molar-refractivity contribution in [3.63, 3.8) is 0 Å². The number of halogens is 2. The quantitative estimate of drug-likeness (QED) is 0.924. The lowest BCUT2D eigenvalue weighted by Gasteiger charge is -2.17. The maximum Gasteiger partial charge on any atom is 0.255 e. The first-order valence-corrected chi connectivity index (χ1v) is 7.14. The second-order valence-electron chi connectivity index (χ2n) is 4.54. The molecule has 1 amide bonds. The zero-order valence-electron chi connectivity index (χ0n) is 9.90. The maximum absolute atomic E-state index is 12.3. The smallest absolute Gasteiger partial charge is 0.255 e. The van der Waals surface area contributed by atoms with Gasteiger partial charge in [0.05, 0.1) is 10.6 Å². The van der Waals surface area contributed by atoms with E-state index in [9.17, 15) is 4.79 Å². The second kappa shape index (κ2) is 6.04. The molecule has 5 heteroatoms. The van der Waals surface area contributed by atoms with Gasteiger partial charge in [-0.2, -0.15) is 0 Å². The van der Waals surface area contributed by atoms with Crippen LogP contribution in [0.1, 0.15) is 23.2 Å². The summed E-state index contributed by atoms with van der Waals surface area (Å²) >= 11 is 9.40. The number of carbonyl (C=O) groups excluding carboxylic acids is 1. The molecule has 1 heterocycles. The van der Waals surface area contributed by atoms with E-state index < -0.39 is 0 Å². The van der Waals surface area contributed by atoms with Gasteiger partial charge in [-0.3, -0.25) is 4.79 Å². The van der Waals surface area contributed by atoms with Crippen molar-refractivity contribution in [2.24, 2.45) is 5.92 Å². The molecule has 0 radical (unpaired) electrons. The molecule has 18 heavy (non-hydrogen) atoms. The number of aliphatic hydroxyl groups excluding tert-OH is 1. The lowest BCUT2D eigenvalue weighted by molar-refractivity contribution is 0.0785. The van der Waals surface area contributed by atoms with Crippen LogP contribution >= 0.6 is 27.5 Å². The summed E-state index contributed by atoms with van der Waals surface area (Å²) in [6.45, 7) is 1.65. The molecule has 98 valence electrons. The van der Waals surface area contributed by atoms with E-state index in [0.29, 0.717) is 23.0 Å². The Morgan fingerprint density at radius 2 is 2.33 bits per heavy atom. The molecule has 1 unspecified atom stereocenters. The third kappa shape index (κ3) is 3.05. The largest absolute Gasteiger partial charge is 0.396 e. The third-order valence-corrected chi connectivity index (χ3v) is 4.08. The first-order chi connectivity index (χ1) is 8.61. The molecular weight excluding hydrogens is 318 g/mol. The van der Waals surface area contributed by atoms with Crippen LogP contribution in [0.3, 0.4) is 0 Å². The van der Waals surface area contributed by atoms with Gasteiger partial charge in [-0.05, 0) is 37.0 Å². The highest BCUT2D eigenvalue weighted by atomic mass is 79.9. The van der Waals surface area contributed by atoms with E-state index in [1.54, 1.807) is 12.1 Å². The van der Waals surface area contributed by atoms with Gasteiger partial charge in [0, 0.05) is 24.2 Å². The zero-order chi connectivity index (χ0) is 13.1. The first kappa shape index (κ1) is 13.8. The molecule has 0 aliphatic carbocycles. The maximum atomic E-state index is 12.3. The number of hydrogen-bond donors (Lipinski definition) is 1. The Kier molecular flexibility index (Phi) is 4.65. The number of rotatable bonds is 3. The average molecular weight is 333 g/mol. The van der Waals surface area contributed by atoms with Crippen molar-refractivity contribution in [1.82, 2.24) is 4.90 Å². The molecule has 0 spiro atoms. The number of likely N-dealkylation sites (tertiary alicyclic amines) is 1. The van der Waals surface area contributed by atoms with Gasteiger partial charge in [-0.15, -0.1) is 0 Å². The van der Waals surface area contributed by atoms with Crippen molar-refractivity contribution >= 4 is 33.4 Å². The minimum Gasteiger partial charge on any atom is -0.396 e. The highest BCUT2D eigenvalue weighted by molar-refractivity contribution is 9.10. The molecule has 0 bridgehead atoms. The summed E-state index contributed by atoms with van der Waals surface area (Å²) in [5.41, 5.74) is 0.546. The van der Waals surface area contributed by atoms with Crippen LogP contribution in [0.25, 0.3) is 0 Å². The van der Waals surface area contributed by atoms with Crippen LogP contribution in [0.5, 0.6) is 0 Å². The van der Waals surface area contributed by atoms with E-state index in [1.165, 1.54) is 0 Å². The summed E-state index contributed by atoms with van der Waals surface area (Å²) in [7, 11) is 0. The molecule has 1 aliphatic heterocycles. The number of benzene rings is 1. The molecular formula is C13H15BrClNO2. The van der Waals surface area contributed by atoms with Crippen LogP contribution < -0.4 is 0 Å². The number of hydrogen-bond acceptors (Lipinski definition) is 2. The predicted molar refractivity (Wildman–Crippen MR) is 74.9 cm³/mol. The highest BCUT2D eigenvalue weighted by Gasteiger charge is 2.27. The normalized spacial score (nSPS) is 19.3. The van der Waals surface area contributed by atoms with Crippen molar-refractivity contribution in [2.45, 2.75) is 12.8 Å². The molecule has 1 aliphatic rings. The summed E-state index contributed by atoms with van der Waals surface area (Å²) < 4.78 is 0.864. The Labute approximate surface area is 120 Å². The molecule has 1 saturated heterocycles. The van der Waals surface area contributed by atoms with Crippen LogP contribution in [0, 0.1) is 5.92 Å². The summed E-state index contributed by atoms with van der Waals surface area (Å²) in [6, 6.07) is 5.30. The Hall–Kier alpha value is -0.580. The van der Waals surface area contributed by atoms with Crippen molar-refractivity contribution in [2.75, 3.05) is 19.7 Å². The first-order valence-electron chi connectivity index (χ1n) is 5.97. The van der Waals surface area contributed by atoms with Gasteiger partial charge >= 0.3 is 0 Å². The summed E-state index contributed by atoms with van der Waals surface area (Å²) in [5.74, 6) is 0.390. The van der Waals surface area contributed by atoms with Gasteiger partial charge in [0.1, 0.15) is 0 Å².